The molecule has 1 fully saturated rings. The third kappa shape index (κ3) is 1.65. The monoisotopic (exact) mass is 177 g/mol. The van der Waals surface area contributed by atoms with Gasteiger partial charge in [0.1, 0.15) is 5.82 Å². The Bertz CT molecular complexity index is 292. The predicted octanol–water partition coefficient (Wildman–Crippen LogP) is 0.798. The van der Waals surface area contributed by atoms with Crippen LogP contribution in [-0.4, -0.2) is 31.2 Å². The zero-order valence-corrected chi connectivity index (χ0v) is 8.12. The Balaban J connectivity index is 2.03. The highest BCUT2D eigenvalue weighted by Crippen LogP contribution is 2.18. The molecule has 0 radical (unpaired) electrons. The Hall–Kier alpha value is -1.09. The predicted molar refractivity (Wildman–Crippen MR) is 54.0 cm³/mol. The first-order valence-electron chi connectivity index (χ1n) is 4.64. The van der Waals surface area contributed by atoms with Gasteiger partial charge >= 0.3 is 0 Å². The Morgan fingerprint density at radius 1 is 1.54 bits per heavy atom. The van der Waals surface area contributed by atoms with Crippen molar-refractivity contribution in [2.24, 2.45) is 0 Å². The van der Waals surface area contributed by atoms with Gasteiger partial charge in [-0.3, -0.25) is 0 Å². The molecule has 3 nitrogen and oxygen atoms in total. The van der Waals surface area contributed by atoms with Gasteiger partial charge in [0.05, 0.1) is 0 Å². The van der Waals surface area contributed by atoms with E-state index in [0.29, 0.717) is 6.04 Å². The van der Waals surface area contributed by atoms with Crippen molar-refractivity contribution >= 4 is 5.82 Å². The van der Waals surface area contributed by atoms with Crippen molar-refractivity contribution in [1.82, 2.24) is 10.3 Å². The molecule has 0 spiro atoms. The Morgan fingerprint density at radius 2 is 2.31 bits per heavy atom. The maximum Gasteiger partial charge on any atom is 0.128 e. The standard InChI is InChI=1S/C10H15N3/c1-8-3-4-12-10(5-8)13-6-9(7-13)11-2/h3-5,9,11H,6-7H2,1-2H3. The minimum atomic E-state index is 0.641. The van der Waals surface area contributed by atoms with E-state index in [0.717, 1.165) is 18.9 Å². The highest BCUT2D eigenvalue weighted by Gasteiger charge is 2.25. The van der Waals surface area contributed by atoms with Crippen LogP contribution in [0.1, 0.15) is 5.56 Å². The van der Waals surface area contributed by atoms with Crippen molar-refractivity contribution in [3.63, 3.8) is 0 Å². The highest BCUT2D eigenvalue weighted by atomic mass is 15.3. The highest BCUT2D eigenvalue weighted by molar-refractivity contribution is 5.44. The van der Waals surface area contributed by atoms with Gasteiger partial charge in [-0.25, -0.2) is 4.98 Å². The fourth-order valence-corrected chi connectivity index (χ4v) is 1.54. The summed E-state index contributed by atoms with van der Waals surface area (Å²) >= 11 is 0. The van der Waals surface area contributed by atoms with Crippen LogP contribution in [0.2, 0.25) is 0 Å². The minimum absolute atomic E-state index is 0.641. The first-order chi connectivity index (χ1) is 6.29. The molecule has 0 unspecified atom stereocenters. The summed E-state index contributed by atoms with van der Waals surface area (Å²) in [7, 11) is 2.01. The van der Waals surface area contributed by atoms with Crippen LogP contribution in [0.25, 0.3) is 0 Å². The third-order valence-corrected chi connectivity index (χ3v) is 2.51. The van der Waals surface area contributed by atoms with Crippen molar-refractivity contribution < 1.29 is 0 Å². The minimum Gasteiger partial charge on any atom is -0.353 e. The Morgan fingerprint density at radius 3 is 2.92 bits per heavy atom. The smallest absolute Gasteiger partial charge is 0.128 e. The molecular formula is C10H15N3. The summed E-state index contributed by atoms with van der Waals surface area (Å²) < 4.78 is 0. The molecule has 3 heteroatoms. The van der Waals surface area contributed by atoms with Gasteiger partial charge in [0.15, 0.2) is 0 Å². The van der Waals surface area contributed by atoms with E-state index in [2.05, 4.69) is 28.2 Å². The zero-order valence-electron chi connectivity index (χ0n) is 8.12. The van der Waals surface area contributed by atoms with Crippen molar-refractivity contribution in [3.8, 4) is 0 Å². The Labute approximate surface area is 78.8 Å². The lowest BCUT2D eigenvalue weighted by Crippen LogP contribution is -2.57. The SMILES string of the molecule is CNC1CN(c2cc(C)ccn2)C1. The first-order valence-corrected chi connectivity index (χ1v) is 4.64. The number of aryl methyl sites for hydroxylation is 1. The molecule has 13 heavy (non-hydrogen) atoms. The van der Waals surface area contributed by atoms with E-state index < -0.39 is 0 Å². The fourth-order valence-electron chi connectivity index (χ4n) is 1.54. The van der Waals surface area contributed by atoms with Crippen LogP contribution in [0.4, 0.5) is 5.82 Å². The van der Waals surface area contributed by atoms with Crippen LogP contribution in [-0.2, 0) is 0 Å². The second kappa shape index (κ2) is 3.34. The number of rotatable bonds is 2. The largest absolute Gasteiger partial charge is 0.353 e. The lowest BCUT2D eigenvalue weighted by atomic mass is 10.1. The van der Waals surface area contributed by atoms with E-state index >= 15 is 0 Å². The van der Waals surface area contributed by atoms with Gasteiger partial charge in [0.2, 0.25) is 0 Å². The number of nitrogens with one attached hydrogen (secondary N) is 1. The molecule has 0 bridgehead atoms. The molecule has 1 saturated heterocycles. The van der Waals surface area contributed by atoms with Crippen molar-refractivity contribution in [2.75, 3.05) is 25.0 Å². The van der Waals surface area contributed by atoms with E-state index in [1.54, 1.807) is 0 Å². The van der Waals surface area contributed by atoms with Gasteiger partial charge in [-0.2, -0.15) is 0 Å². The van der Waals surface area contributed by atoms with Crippen molar-refractivity contribution in [3.05, 3.63) is 23.9 Å². The number of pyridine rings is 1. The third-order valence-electron chi connectivity index (χ3n) is 2.51. The van der Waals surface area contributed by atoms with Crippen molar-refractivity contribution in [2.45, 2.75) is 13.0 Å². The molecule has 0 aliphatic carbocycles. The lowest BCUT2D eigenvalue weighted by Gasteiger charge is -2.40. The van der Waals surface area contributed by atoms with E-state index in [4.69, 9.17) is 0 Å². The summed E-state index contributed by atoms with van der Waals surface area (Å²) in [6.45, 7) is 4.25. The maximum absolute atomic E-state index is 4.33. The fraction of sp³-hybridized carbons (Fsp3) is 0.500. The van der Waals surface area contributed by atoms with Crippen LogP contribution in [0, 0.1) is 6.92 Å². The second-order valence-corrected chi connectivity index (χ2v) is 3.58. The molecule has 2 heterocycles. The molecule has 70 valence electrons. The molecule has 0 saturated carbocycles. The van der Waals surface area contributed by atoms with Gasteiger partial charge in [0, 0.05) is 25.3 Å². The van der Waals surface area contributed by atoms with Gasteiger partial charge in [0.25, 0.3) is 0 Å². The summed E-state index contributed by atoms with van der Waals surface area (Å²) in [4.78, 5) is 6.61. The molecule has 1 aliphatic heterocycles. The number of likely N-dealkylation sites (N-methyl/N-ethyl adjacent to an activating group) is 1. The van der Waals surface area contributed by atoms with Crippen LogP contribution >= 0.6 is 0 Å². The summed E-state index contributed by atoms with van der Waals surface area (Å²) in [5.41, 5.74) is 1.28. The zero-order chi connectivity index (χ0) is 9.26. The molecule has 1 aromatic rings. The molecule has 2 rings (SSSR count). The van der Waals surface area contributed by atoms with Crippen LogP contribution in [0.15, 0.2) is 18.3 Å². The van der Waals surface area contributed by atoms with E-state index in [9.17, 15) is 0 Å². The van der Waals surface area contributed by atoms with Gasteiger partial charge in [-0.1, -0.05) is 0 Å². The summed E-state index contributed by atoms with van der Waals surface area (Å²) in [5, 5.41) is 3.25. The number of anilines is 1. The maximum atomic E-state index is 4.33. The summed E-state index contributed by atoms with van der Waals surface area (Å²) in [6, 6.07) is 4.80. The average Bonchev–Trinajstić information content (AvgIpc) is 2.02. The van der Waals surface area contributed by atoms with Crippen LogP contribution < -0.4 is 10.2 Å². The molecule has 0 atom stereocenters. The van der Waals surface area contributed by atoms with Crippen molar-refractivity contribution in [1.29, 1.82) is 0 Å². The normalized spacial score (nSPS) is 17.2. The Kier molecular flexibility index (Phi) is 2.19. The number of hydrogen-bond donors (Lipinski definition) is 1. The van der Waals surface area contributed by atoms with Gasteiger partial charge in [-0.15, -0.1) is 0 Å². The number of nitrogens with zero attached hydrogens (tertiary/aromatic N) is 2. The number of aromatic nitrogens is 1. The molecular weight excluding hydrogens is 162 g/mol. The first kappa shape index (κ1) is 8.51. The van der Waals surface area contributed by atoms with Gasteiger partial charge < -0.3 is 10.2 Å². The second-order valence-electron chi connectivity index (χ2n) is 3.58. The van der Waals surface area contributed by atoms with E-state index in [1.807, 2.05) is 19.3 Å². The number of hydrogen-bond acceptors (Lipinski definition) is 3. The molecule has 1 aliphatic rings. The summed E-state index contributed by atoms with van der Waals surface area (Å²) in [6.07, 6.45) is 1.87. The average molecular weight is 177 g/mol. The van der Waals surface area contributed by atoms with E-state index in [1.165, 1.54) is 5.56 Å². The molecule has 0 amide bonds. The topological polar surface area (TPSA) is 28.2 Å². The van der Waals surface area contributed by atoms with Gasteiger partial charge in [-0.05, 0) is 31.7 Å². The lowest BCUT2D eigenvalue weighted by molar-refractivity contribution is 0.447. The molecule has 1 aromatic heterocycles. The van der Waals surface area contributed by atoms with Crippen LogP contribution in [0.5, 0.6) is 0 Å². The molecule has 0 aromatic carbocycles. The quantitative estimate of drug-likeness (QED) is 0.724. The van der Waals surface area contributed by atoms with Crippen LogP contribution in [0.3, 0.4) is 0 Å². The summed E-state index contributed by atoms with van der Waals surface area (Å²) in [5.74, 6) is 1.10. The van der Waals surface area contributed by atoms with E-state index in [-0.39, 0.29) is 0 Å². The molecule has 1 N–H and O–H groups in total.